The van der Waals surface area contributed by atoms with Crippen molar-refractivity contribution in [2.24, 2.45) is 28.8 Å². The molecule has 30 heavy (non-hydrogen) atoms. The molecule has 7 heteroatoms. The molecule has 6 nitrogen and oxygen atoms in total. The van der Waals surface area contributed by atoms with Crippen LogP contribution in [-0.2, 0) is 4.65 Å². The minimum absolute atomic E-state index is 0.162. The Kier molecular flexibility index (Phi) is 3.37. The van der Waals surface area contributed by atoms with E-state index in [1.54, 1.807) is 0 Å². The van der Waals surface area contributed by atoms with Crippen LogP contribution in [-0.4, -0.2) is 50.5 Å². The van der Waals surface area contributed by atoms with E-state index in [-0.39, 0.29) is 12.7 Å². The van der Waals surface area contributed by atoms with E-state index in [9.17, 15) is 5.11 Å². The van der Waals surface area contributed by atoms with Crippen molar-refractivity contribution in [3.05, 3.63) is 24.0 Å². The van der Waals surface area contributed by atoms with E-state index in [1.807, 2.05) is 12.4 Å². The molecule has 0 radical (unpaired) electrons. The van der Waals surface area contributed by atoms with Crippen LogP contribution in [0, 0.1) is 23.7 Å². The zero-order chi connectivity index (χ0) is 20.3. The van der Waals surface area contributed by atoms with Gasteiger partial charge in [0.15, 0.2) is 0 Å². The van der Waals surface area contributed by atoms with Gasteiger partial charge in [0.2, 0.25) is 0 Å². The molecule has 0 spiro atoms. The van der Waals surface area contributed by atoms with Crippen molar-refractivity contribution in [3.8, 4) is 0 Å². The standard InChI is InChI=1S/C23H29BN4O2/c1-22(2)4-6-28-24(30-22)17-12-26-21-16(3-5-25-21)19(17)20(27-28)18-14-7-13-8-15(18)11-23(29,9-13)10-14/h3,5,12-15,18,29H,4,6-11H2,1-2H3,(H,25,26)/t13-,14+,15-,18-,23?. The van der Waals surface area contributed by atoms with Gasteiger partial charge in [0.1, 0.15) is 5.65 Å². The molecule has 6 aliphatic rings. The second-order valence-corrected chi connectivity index (χ2v) is 11.2. The van der Waals surface area contributed by atoms with Crippen LogP contribution in [0.2, 0.25) is 0 Å². The molecule has 1 unspecified atom stereocenters. The number of aromatic nitrogens is 2. The molecule has 0 amide bonds. The molecule has 2 aromatic heterocycles. The zero-order valence-corrected chi connectivity index (χ0v) is 17.8. The van der Waals surface area contributed by atoms with Crippen molar-refractivity contribution in [3.63, 3.8) is 0 Å². The molecule has 5 fully saturated rings. The van der Waals surface area contributed by atoms with E-state index in [1.165, 1.54) is 24.1 Å². The molecule has 4 saturated carbocycles. The number of nitrogens with one attached hydrogen (secondary N) is 1. The number of nitrogens with zero attached hydrogens (tertiary/aromatic N) is 3. The van der Waals surface area contributed by atoms with Crippen molar-refractivity contribution < 1.29 is 9.76 Å². The number of hydrazone groups is 1. The Labute approximate surface area is 177 Å². The van der Waals surface area contributed by atoms with Gasteiger partial charge in [-0.15, -0.1) is 0 Å². The minimum atomic E-state index is -0.423. The summed E-state index contributed by atoms with van der Waals surface area (Å²) in [6.45, 7) is 5.24. The van der Waals surface area contributed by atoms with Crippen molar-refractivity contribution in [2.45, 2.75) is 63.6 Å². The molecule has 4 aliphatic carbocycles. The number of aromatic amines is 1. The van der Waals surface area contributed by atoms with Gasteiger partial charge in [-0.1, -0.05) is 0 Å². The minimum Gasteiger partial charge on any atom is -0.407 e. The summed E-state index contributed by atoms with van der Waals surface area (Å²) in [4.78, 5) is 10.2. The third kappa shape index (κ3) is 2.39. The highest BCUT2D eigenvalue weighted by Crippen LogP contribution is 2.59. The summed E-state index contributed by atoms with van der Waals surface area (Å²) in [7, 11) is -0.166. The maximum Gasteiger partial charge on any atom is 0.471 e. The van der Waals surface area contributed by atoms with Gasteiger partial charge < -0.3 is 19.7 Å². The smallest absolute Gasteiger partial charge is 0.407 e. The number of pyridine rings is 1. The first kappa shape index (κ1) is 17.8. The van der Waals surface area contributed by atoms with E-state index in [0.29, 0.717) is 23.7 Å². The van der Waals surface area contributed by atoms with Gasteiger partial charge in [0.05, 0.1) is 11.3 Å². The van der Waals surface area contributed by atoms with Crippen LogP contribution in [0.25, 0.3) is 11.0 Å². The number of hydrogen-bond donors (Lipinski definition) is 2. The Morgan fingerprint density at radius 3 is 2.80 bits per heavy atom. The lowest BCUT2D eigenvalue weighted by Gasteiger charge is -2.58. The predicted octanol–water partition coefficient (Wildman–Crippen LogP) is 2.66. The van der Waals surface area contributed by atoms with Gasteiger partial charge in [-0.05, 0) is 76.2 Å². The van der Waals surface area contributed by atoms with Crippen molar-refractivity contribution in [2.75, 3.05) is 6.54 Å². The van der Waals surface area contributed by atoms with Crippen molar-refractivity contribution in [1.29, 1.82) is 0 Å². The molecule has 1 saturated heterocycles. The second kappa shape index (κ2) is 5.68. The molecular formula is C23H29BN4O2. The zero-order valence-electron chi connectivity index (χ0n) is 17.8. The lowest BCUT2D eigenvalue weighted by atomic mass is 9.48. The quantitative estimate of drug-likeness (QED) is 0.717. The van der Waals surface area contributed by atoms with E-state index in [4.69, 9.17) is 14.7 Å². The summed E-state index contributed by atoms with van der Waals surface area (Å²) in [6.07, 6.45) is 10.3. The number of aliphatic hydroxyl groups is 1. The lowest BCUT2D eigenvalue weighted by Crippen LogP contribution is -2.63. The fraction of sp³-hybridized carbons (Fsp3) is 0.652. The number of hydrogen-bond acceptors (Lipinski definition) is 5. The highest BCUT2D eigenvalue weighted by atomic mass is 16.5. The third-order valence-corrected chi connectivity index (χ3v) is 8.58. The summed E-state index contributed by atoms with van der Waals surface area (Å²) in [5.41, 5.74) is 3.97. The maximum atomic E-state index is 11.1. The second-order valence-electron chi connectivity index (χ2n) is 11.2. The van der Waals surface area contributed by atoms with Crippen LogP contribution in [0.1, 0.15) is 57.9 Å². The molecule has 2 N–H and O–H groups in total. The summed E-state index contributed by atoms with van der Waals surface area (Å²) >= 11 is 0. The van der Waals surface area contributed by atoms with Crippen LogP contribution in [0.3, 0.4) is 0 Å². The number of H-pyrrole nitrogens is 1. The van der Waals surface area contributed by atoms with Gasteiger partial charge in [-0.2, -0.15) is 5.10 Å². The first-order valence-electron chi connectivity index (χ1n) is 11.6. The van der Waals surface area contributed by atoms with Crippen LogP contribution in [0.15, 0.2) is 23.6 Å². The normalized spacial score (nSPS) is 38.6. The van der Waals surface area contributed by atoms with Gasteiger partial charge in [0.25, 0.3) is 0 Å². The lowest BCUT2D eigenvalue weighted by molar-refractivity contribution is -0.138. The number of fused-ring (bicyclic) bond motifs is 5. The Bertz CT molecular complexity index is 1060. The Balaban J connectivity index is 1.40. The molecular weight excluding hydrogens is 375 g/mol. The third-order valence-electron chi connectivity index (χ3n) is 8.58. The Morgan fingerprint density at radius 1 is 1.23 bits per heavy atom. The average molecular weight is 404 g/mol. The molecule has 5 atom stereocenters. The molecule has 156 valence electrons. The monoisotopic (exact) mass is 404 g/mol. The van der Waals surface area contributed by atoms with Crippen LogP contribution in [0.4, 0.5) is 0 Å². The summed E-state index contributed by atoms with van der Waals surface area (Å²) in [5.74, 6) is 2.20. The Hall–Kier alpha value is -1.86. The molecule has 2 aromatic rings. The highest BCUT2D eigenvalue weighted by molar-refractivity contribution is 6.68. The van der Waals surface area contributed by atoms with Gasteiger partial charge in [0, 0.05) is 46.9 Å². The van der Waals surface area contributed by atoms with Crippen molar-refractivity contribution >= 4 is 29.3 Å². The van der Waals surface area contributed by atoms with Crippen LogP contribution in [0.5, 0.6) is 0 Å². The first-order valence-corrected chi connectivity index (χ1v) is 11.6. The molecule has 4 heterocycles. The maximum absolute atomic E-state index is 11.1. The highest BCUT2D eigenvalue weighted by Gasteiger charge is 2.57. The van der Waals surface area contributed by atoms with E-state index in [0.717, 1.165) is 48.7 Å². The van der Waals surface area contributed by atoms with E-state index < -0.39 is 5.60 Å². The summed E-state index contributed by atoms with van der Waals surface area (Å²) in [5, 5.41) is 17.6. The van der Waals surface area contributed by atoms with Gasteiger partial charge >= 0.3 is 7.05 Å². The molecule has 0 aromatic carbocycles. The first-order chi connectivity index (χ1) is 14.4. The summed E-state index contributed by atoms with van der Waals surface area (Å²) < 4.78 is 6.53. The van der Waals surface area contributed by atoms with Gasteiger partial charge in [-0.25, -0.2) is 4.98 Å². The Morgan fingerprint density at radius 2 is 2.03 bits per heavy atom. The van der Waals surface area contributed by atoms with Crippen LogP contribution < -0.4 is 5.46 Å². The molecule has 8 rings (SSSR count). The average Bonchev–Trinajstić information content (AvgIpc) is 3.15. The van der Waals surface area contributed by atoms with E-state index in [2.05, 4.69) is 29.8 Å². The molecule has 2 aliphatic heterocycles. The summed E-state index contributed by atoms with van der Waals surface area (Å²) in [6, 6.07) is 2.14. The predicted molar refractivity (Wildman–Crippen MR) is 117 cm³/mol. The number of rotatable bonds is 1. The topological polar surface area (TPSA) is 73.7 Å². The van der Waals surface area contributed by atoms with Gasteiger partial charge in [-0.3, -0.25) is 0 Å². The fourth-order valence-corrected chi connectivity index (χ4v) is 7.60. The largest absolute Gasteiger partial charge is 0.471 e. The fourth-order valence-electron chi connectivity index (χ4n) is 7.60. The SMILES string of the molecule is CC1(C)CCN2N=C([C@H]3[C@@H]4C[C@H]5C[C@H]3CC(O)(C5)C4)c3c(cnc4[nH]ccc34)B2O1. The van der Waals surface area contributed by atoms with E-state index >= 15 is 0 Å². The van der Waals surface area contributed by atoms with Crippen LogP contribution >= 0.6 is 0 Å². The molecule has 4 bridgehead atoms. The van der Waals surface area contributed by atoms with Crippen molar-refractivity contribution in [1.82, 2.24) is 14.9 Å².